The fourth-order valence-electron chi connectivity index (χ4n) is 2.53. The number of carboxylic acid groups (broad SMARTS) is 2. The van der Waals surface area contributed by atoms with Crippen molar-refractivity contribution < 1.29 is 24.5 Å². The Hall–Kier alpha value is -2.18. The van der Waals surface area contributed by atoms with Gasteiger partial charge in [0.2, 0.25) is 0 Å². The Bertz CT molecular complexity index is 507. The van der Waals surface area contributed by atoms with E-state index in [2.05, 4.69) is 42.6 Å². The first-order valence-electron chi connectivity index (χ1n) is 8.05. The third kappa shape index (κ3) is 8.45. The molecule has 2 rings (SSSR count). The lowest BCUT2D eigenvalue weighted by atomic mass is 9.99. The van der Waals surface area contributed by atoms with Crippen molar-refractivity contribution in [3.05, 3.63) is 48.0 Å². The molecule has 6 heteroatoms. The van der Waals surface area contributed by atoms with E-state index in [0.717, 1.165) is 19.6 Å². The van der Waals surface area contributed by atoms with Crippen LogP contribution in [0.2, 0.25) is 0 Å². The average Bonchev–Trinajstić information content (AvgIpc) is 3.08. The molecule has 1 aromatic rings. The molecule has 132 valence electrons. The van der Waals surface area contributed by atoms with Crippen molar-refractivity contribution in [2.45, 2.75) is 38.3 Å². The maximum atomic E-state index is 9.55. The molecule has 0 spiro atoms. The number of hydrogen-bond donors (Lipinski definition) is 3. The average molecular weight is 335 g/mol. The second-order valence-electron chi connectivity index (χ2n) is 5.42. The summed E-state index contributed by atoms with van der Waals surface area (Å²) in [6.45, 7) is 4.10. The van der Waals surface area contributed by atoms with Crippen molar-refractivity contribution in [1.82, 2.24) is 5.32 Å². The van der Waals surface area contributed by atoms with Crippen LogP contribution in [0.1, 0.15) is 25.3 Å². The minimum absolute atomic E-state index is 0.403. The van der Waals surface area contributed by atoms with E-state index in [-0.39, 0.29) is 0 Å². The number of benzene rings is 1. The minimum Gasteiger partial charge on any atom is -0.478 e. The number of rotatable bonds is 7. The molecule has 1 fully saturated rings. The van der Waals surface area contributed by atoms with Crippen LogP contribution in [0, 0.1) is 0 Å². The summed E-state index contributed by atoms with van der Waals surface area (Å²) in [6, 6.07) is 11.1. The molecule has 0 bridgehead atoms. The van der Waals surface area contributed by atoms with E-state index in [9.17, 15) is 9.59 Å². The molecule has 0 aliphatic carbocycles. The molecular weight excluding hydrogens is 310 g/mol. The number of carboxylic acids is 2. The topological polar surface area (TPSA) is 95.9 Å². The van der Waals surface area contributed by atoms with Gasteiger partial charge in [-0.05, 0) is 31.4 Å². The van der Waals surface area contributed by atoms with E-state index in [0.29, 0.717) is 24.3 Å². The molecule has 24 heavy (non-hydrogen) atoms. The lowest BCUT2D eigenvalue weighted by Crippen LogP contribution is -2.41. The molecule has 0 saturated carbocycles. The Morgan fingerprint density at radius 2 is 1.88 bits per heavy atom. The predicted octanol–water partition coefficient (Wildman–Crippen LogP) is 2.10. The van der Waals surface area contributed by atoms with E-state index in [1.165, 1.54) is 18.4 Å². The van der Waals surface area contributed by atoms with Gasteiger partial charge in [0, 0.05) is 24.8 Å². The number of carbonyl (C=O) groups is 2. The standard InChI is InChI=1S/C14H21NO.C4H4O4/c1-2-15-13(14-9-6-10-16-14)11-12-7-4-3-5-8-12;5-3(6)1-2-4(7)8/h3-5,7-8,13-15H,2,6,9-11H2,1H3;1-2H,(H,5,6)(H,7,8)/b;2-1+. The fraction of sp³-hybridized carbons (Fsp3) is 0.444. The maximum Gasteiger partial charge on any atom is 0.328 e. The number of nitrogens with one attached hydrogen (secondary N) is 1. The van der Waals surface area contributed by atoms with Crippen LogP contribution in [-0.2, 0) is 20.7 Å². The van der Waals surface area contributed by atoms with Gasteiger partial charge >= 0.3 is 11.9 Å². The van der Waals surface area contributed by atoms with Gasteiger partial charge in [-0.2, -0.15) is 0 Å². The quantitative estimate of drug-likeness (QED) is 0.661. The van der Waals surface area contributed by atoms with Crippen LogP contribution >= 0.6 is 0 Å². The first kappa shape index (κ1) is 19.9. The molecule has 1 heterocycles. The molecule has 0 radical (unpaired) electrons. The molecule has 6 nitrogen and oxygen atoms in total. The van der Waals surface area contributed by atoms with Crippen molar-refractivity contribution >= 4 is 11.9 Å². The van der Waals surface area contributed by atoms with Crippen LogP contribution in [0.25, 0.3) is 0 Å². The van der Waals surface area contributed by atoms with E-state index in [1.54, 1.807) is 0 Å². The van der Waals surface area contributed by atoms with Crippen LogP contribution in [-0.4, -0.2) is 47.4 Å². The molecule has 2 atom stereocenters. The Morgan fingerprint density at radius 3 is 2.33 bits per heavy atom. The largest absolute Gasteiger partial charge is 0.478 e. The molecule has 0 amide bonds. The maximum absolute atomic E-state index is 9.55. The van der Waals surface area contributed by atoms with Crippen molar-refractivity contribution in [3.8, 4) is 0 Å². The van der Waals surface area contributed by atoms with E-state index in [1.807, 2.05) is 0 Å². The highest BCUT2D eigenvalue weighted by atomic mass is 16.5. The molecule has 3 N–H and O–H groups in total. The molecule has 0 aromatic heterocycles. The monoisotopic (exact) mass is 335 g/mol. The number of aliphatic carboxylic acids is 2. The smallest absolute Gasteiger partial charge is 0.328 e. The zero-order chi connectivity index (χ0) is 17.8. The van der Waals surface area contributed by atoms with Gasteiger partial charge in [0.1, 0.15) is 0 Å². The highest BCUT2D eigenvalue weighted by Crippen LogP contribution is 2.18. The van der Waals surface area contributed by atoms with Crippen molar-refractivity contribution in [2.75, 3.05) is 13.2 Å². The molecule has 1 aromatic carbocycles. The van der Waals surface area contributed by atoms with Crippen LogP contribution in [0.3, 0.4) is 0 Å². The Morgan fingerprint density at radius 1 is 1.25 bits per heavy atom. The SMILES string of the molecule is CCNC(Cc1ccccc1)C1CCCO1.O=C(O)/C=C/C(=O)O. The summed E-state index contributed by atoms with van der Waals surface area (Å²) in [6.07, 6.45) is 5.00. The molecule has 1 aliphatic rings. The lowest BCUT2D eigenvalue weighted by Gasteiger charge is -2.23. The lowest BCUT2D eigenvalue weighted by molar-refractivity contribution is -0.134. The zero-order valence-corrected chi connectivity index (χ0v) is 13.9. The minimum atomic E-state index is -1.26. The van der Waals surface area contributed by atoms with Gasteiger partial charge in [0.05, 0.1) is 6.10 Å². The Labute approximate surface area is 142 Å². The van der Waals surface area contributed by atoms with Gasteiger partial charge < -0.3 is 20.3 Å². The molecule has 1 aliphatic heterocycles. The second-order valence-corrected chi connectivity index (χ2v) is 5.42. The summed E-state index contributed by atoms with van der Waals surface area (Å²) in [5, 5.41) is 19.2. The third-order valence-corrected chi connectivity index (χ3v) is 3.55. The van der Waals surface area contributed by atoms with Crippen molar-refractivity contribution in [2.24, 2.45) is 0 Å². The van der Waals surface area contributed by atoms with Gasteiger partial charge in [0.15, 0.2) is 0 Å². The van der Waals surface area contributed by atoms with Crippen LogP contribution in [0.5, 0.6) is 0 Å². The first-order chi connectivity index (χ1) is 11.5. The summed E-state index contributed by atoms with van der Waals surface area (Å²) in [7, 11) is 0. The number of ether oxygens (including phenoxy) is 1. The summed E-state index contributed by atoms with van der Waals surface area (Å²) in [5.74, 6) is -2.51. The van der Waals surface area contributed by atoms with E-state index >= 15 is 0 Å². The van der Waals surface area contributed by atoms with Crippen molar-refractivity contribution in [1.29, 1.82) is 0 Å². The highest BCUT2D eigenvalue weighted by Gasteiger charge is 2.25. The van der Waals surface area contributed by atoms with Gasteiger partial charge in [-0.25, -0.2) is 9.59 Å². The van der Waals surface area contributed by atoms with E-state index < -0.39 is 11.9 Å². The second kappa shape index (κ2) is 11.4. The Balaban J connectivity index is 0.000000307. The Kier molecular flexibility index (Phi) is 9.41. The van der Waals surface area contributed by atoms with Crippen LogP contribution < -0.4 is 5.32 Å². The van der Waals surface area contributed by atoms with Crippen LogP contribution in [0.4, 0.5) is 0 Å². The third-order valence-electron chi connectivity index (χ3n) is 3.55. The normalized spacial score (nSPS) is 18.0. The van der Waals surface area contributed by atoms with E-state index in [4.69, 9.17) is 14.9 Å². The highest BCUT2D eigenvalue weighted by molar-refractivity contribution is 5.89. The van der Waals surface area contributed by atoms with Gasteiger partial charge in [-0.1, -0.05) is 37.3 Å². The predicted molar refractivity (Wildman–Crippen MR) is 91.0 cm³/mol. The summed E-state index contributed by atoms with van der Waals surface area (Å²) >= 11 is 0. The first-order valence-corrected chi connectivity index (χ1v) is 8.05. The molecular formula is C18H25NO5. The molecule has 1 saturated heterocycles. The summed E-state index contributed by atoms with van der Waals surface area (Å²) in [5.41, 5.74) is 1.39. The van der Waals surface area contributed by atoms with Crippen LogP contribution in [0.15, 0.2) is 42.5 Å². The number of hydrogen-bond acceptors (Lipinski definition) is 4. The fourth-order valence-corrected chi connectivity index (χ4v) is 2.53. The van der Waals surface area contributed by atoms with Gasteiger partial charge in [0.25, 0.3) is 0 Å². The van der Waals surface area contributed by atoms with Gasteiger partial charge in [-0.3, -0.25) is 0 Å². The summed E-state index contributed by atoms with van der Waals surface area (Å²) < 4.78 is 5.78. The van der Waals surface area contributed by atoms with Crippen molar-refractivity contribution in [3.63, 3.8) is 0 Å². The zero-order valence-electron chi connectivity index (χ0n) is 13.9. The number of likely N-dealkylation sites (N-methyl/N-ethyl adjacent to an activating group) is 1. The molecule has 2 unspecified atom stereocenters. The summed E-state index contributed by atoms with van der Waals surface area (Å²) in [4.78, 5) is 19.1. The van der Waals surface area contributed by atoms with Gasteiger partial charge in [-0.15, -0.1) is 0 Å².